The summed E-state index contributed by atoms with van der Waals surface area (Å²) in [6.45, 7) is 7.52. The average Bonchev–Trinajstić information content (AvgIpc) is 2.66. The van der Waals surface area contributed by atoms with E-state index in [1.807, 2.05) is 24.0 Å². The van der Waals surface area contributed by atoms with Crippen LogP contribution in [0, 0.1) is 0 Å². The minimum absolute atomic E-state index is 0.120. The number of nitrogens with zero attached hydrogens (tertiary/aromatic N) is 2. The van der Waals surface area contributed by atoms with Crippen LogP contribution in [0.25, 0.3) is 0 Å². The molecule has 1 atom stereocenters. The number of rotatable bonds is 5. The van der Waals surface area contributed by atoms with E-state index in [-0.39, 0.29) is 17.7 Å². The molecule has 6 nitrogen and oxygen atoms in total. The Labute approximate surface area is 149 Å². The number of hydrogen-bond acceptors (Lipinski definition) is 5. The van der Waals surface area contributed by atoms with Gasteiger partial charge in [0, 0.05) is 39.3 Å². The quantitative estimate of drug-likeness (QED) is 0.850. The highest BCUT2D eigenvalue weighted by Gasteiger charge is 2.33. The first kappa shape index (κ1) is 18.0. The Hall–Kier alpha value is -1.79. The summed E-state index contributed by atoms with van der Waals surface area (Å²) in [6, 6.07) is 5.01. The zero-order valence-electron chi connectivity index (χ0n) is 15.0. The number of nitrogens with one attached hydrogen (secondary N) is 1. The number of carbonyl (C=O) groups is 1. The van der Waals surface area contributed by atoms with Crippen molar-refractivity contribution < 1.29 is 14.6 Å². The molecule has 0 aliphatic carbocycles. The number of piperidine rings is 1. The molecule has 2 saturated heterocycles. The fraction of sp³-hybridized carbons (Fsp3) is 0.632. The van der Waals surface area contributed by atoms with Crippen LogP contribution in [-0.2, 0) is 4.79 Å². The van der Waals surface area contributed by atoms with Gasteiger partial charge in [-0.05, 0) is 43.9 Å². The van der Waals surface area contributed by atoms with Gasteiger partial charge >= 0.3 is 0 Å². The highest BCUT2D eigenvalue weighted by atomic mass is 16.5. The van der Waals surface area contributed by atoms with E-state index in [1.54, 1.807) is 6.07 Å². The van der Waals surface area contributed by atoms with Gasteiger partial charge in [-0.15, -0.1) is 0 Å². The van der Waals surface area contributed by atoms with Crippen LogP contribution in [-0.4, -0.2) is 66.7 Å². The summed E-state index contributed by atoms with van der Waals surface area (Å²) >= 11 is 0. The number of benzene rings is 1. The largest absolute Gasteiger partial charge is 0.504 e. The Balaban J connectivity index is 1.89. The van der Waals surface area contributed by atoms with Gasteiger partial charge in [0.1, 0.15) is 6.04 Å². The van der Waals surface area contributed by atoms with Crippen LogP contribution in [0.2, 0.25) is 0 Å². The molecule has 138 valence electrons. The lowest BCUT2D eigenvalue weighted by Gasteiger charge is -2.38. The minimum atomic E-state index is -0.306. The topological polar surface area (TPSA) is 65.0 Å². The SMILES string of the molecule is CCOc1cc(C(C(=O)N2CCCCC2)N2CCNCC2)ccc1O. The van der Waals surface area contributed by atoms with E-state index < -0.39 is 0 Å². The minimum Gasteiger partial charge on any atom is -0.504 e. The van der Waals surface area contributed by atoms with Crippen LogP contribution in [0.4, 0.5) is 0 Å². The third-order valence-corrected chi connectivity index (χ3v) is 5.02. The second-order valence-corrected chi connectivity index (χ2v) is 6.73. The average molecular weight is 347 g/mol. The maximum absolute atomic E-state index is 13.3. The fourth-order valence-corrected chi connectivity index (χ4v) is 3.71. The third kappa shape index (κ3) is 4.25. The van der Waals surface area contributed by atoms with Gasteiger partial charge in [0.25, 0.3) is 0 Å². The number of phenolic OH excluding ortho intramolecular Hbond substituents is 1. The van der Waals surface area contributed by atoms with Crippen LogP contribution >= 0.6 is 0 Å². The van der Waals surface area contributed by atoms with E-state index in [9.17, 15) is 9.90 Å². The maximum atomic E-state index is 13.3. The lowest BCUT2D eigenvalue weighted by atomic mass is 10.0. The highest BCUT2D eigenvalue weighted by molar-refractivity contribution is 5.83. The molecule has 0 saturated carbocycles. The molecular formula is C19H29N3O3. The molecule has 3 rings (SSSR count). The standard InChI is InChI=1S/C19H29N3O3/c1-2-25-17-14-15(6-7-16(17)23)18(21-12-8-20-9-13-21)19(24)22-10-4-3-5-11-22/h6-7,14,18,20,23H,2-5,8-13H2,1H3. The van der Waals surface area contributed by atoms with Crippen molar-refractivity contribution in [2.24, 2.45) is 0 Å². The number of aromatic hydroxyl groups is 1. The fourth-order valence-electron chi connectivity index (χ4n) is 3.71. The van der Waals surface area contributed by atoms with E-state index in [4.69, 9.17) is 4.74 Å². The van der Waals surface area contributed by atoms with E-state index in [2.05, 4.69) is 10.2 Å². The molecule has 0 aromatic heterocycles. The van der Waals surface area contributed by atoms with Crippen molar-refractivity contribution in [3.63, 3.8) is 0 Å². The summed E-state index contributed by atoms with van der Waals surface area (Å²) < 4.78 is 5.53. The predicted molar refractivity (Wildman–Crippen MR) is 96.9 cm³/mol. The summed E-state index contributed by atoms with van der Waals surface area (Å²) in [4.78, 5) is 17.6. The van der Waals surface area contributed by atoms with Crippen molar-refractivity contribution in [2.45, 2.75) is 32.2 Å². The first-order chi connectivity index (χ1) is 12.2. The summed E-state index contributed by atoms with van der Waals surface area (Å²) in [6.07, 6.45) is 3.37. The number of likely N-dealkylation sites (tertiary alicyclic amines) is 1. The van der Waals surface area contributed by atoms with Gasteiger partial charge < -0.3 is 20.1 Å². The Morgan fingerprint density at radius 1 is 1.20 bits per heavy atom. The van der Waals surface area contributed by atoms with E-state index in [1.165, 1.54) is 6.42 Å². The molecule has 0 bridgehead atoms. The Morgan fingerprint density at radius 3 is 2.60 bits per heavy atom. The second kappa shape index (κ2) is 8.54. The lowest BCUT2D eigenvalue weighted by Crippen LogP contribution is -2.51. The monoisotopic (exact) mass is 347 g/mol. The van der Waals surface area contributed by atoms with Gasteiger partial charge in [0.2, 0.25) is 5.91 Å². The van der Waals surface area contributed by atoms with Crippen LogP contribution in [0.1, 0.15) is 37.8 Å². The smallest absolute Gasteiger partial charge is 0.244 e. The number of phenols is 1. The molecule has 25 heavy (non-hydrogen) atoms. The van der Waals surface area contributed by atoms with Crippen molar-refractivity contribution in [1.29, 1.82) is 0 Å². The zero-order chi connectivity index (χ0) is 17.6. The maximum Gasteiger partial charge on any atom is 0.244 e. The molecule has 1 unspecified atom stereocenters. The first-order valence-corrected chi connectivity index (χ1v) is 9.40. The van der Waals surface area contributed by atoms with Crippen LogP contribution in [0.15, 0.2) is 18.2 Å². The normalized spacial score (nSPS) is 20.3. The van der Waals surface area contributed by atoms with Gasteiger partial charge in [-0.25, -0.2) is 0 Å². The molecule has 2 fully saturated rings. The van der Waals surface area contributed by atoms with Crippen molar-refractivity contribution in [3.8, 4) is 11.5 Å². The summed E-state index contributed by atoms with van der Waals surface area (Å²) in [5, 5.41) is 13.4. The van der Waals surface area contributed by atoms with Crippen molar-refractivity contribution in [1.82, 2.24) is 15.1 Å². The van der Waals surface area contributed by atoms with Crippen LogP contribution in [0.3, 0.4) is 0 Å². The van der Waals surface area contributed by atoms with Gasteiger partial charge in [-0.1, -0.05) is 6.07 Å². The molecule has 1 aromatic carbocycles. The molecule has 0 spiro atoms. The molecule has 1 amide bonds. The van der Waals surface area contributed by atoms with Gasteiger partial charge in [0.15, 0.2) is 11.5 Å². The molecule has 1 aromatic rings. The second-order valence-electron chi connectivity index (χ2n) is 6.73. The van der Waals surface area contributed by atoms with Crippen molar-refractivity contribution in [2.75, 3.05) is 45.9 Å². The van der Waals surface area contributed by atoms with Crippen LogP contribution in [0.5, 0.6) is 11.5 Å². The van der Waals surface area contributed by atoms with Crippen molar-refractivity contribution >= 4 is 5.91 Å². The Bertz CT molecular complexity index is 581. The van der Waals surface area contributed by atoms with Gasteiger partial charge in [-0.2, -0.15) is 0 Å². The van der Waals surface area contributed by atoms with Gasteiger partial charge in [0.05, 0.1) is 6.61 Å². The molecule has 2 N–H and O–H groups in total. The zero-order valence-corrected chi connectivity index (χ0v) is 15.0. The first-order valence-electron chi connectivity index (χ1n) is 9.40. The molecular weight excluding hydrogens is 318 g/mol. The highest BCUT2D eigenvalue weighted by Crippen LogP contribution is 2.33. The van der Waals surface area contributed by atoms with E-state index in [0.717, 1.165) is 57.7 Å². The Morgan fingerprint density at radius 2 is 1.92 bits per heavy atom. The summed E-state index contributed by atoms with van der Waals surface area (Å²) in [7, 11) is 0. The van der Waals surface area contributed by atoms with Gasteiger partial charge in [-0.3, -0.25) is 9.69 Å². The number of carbonyl (C=O) groups excluding carboxylic acids is 1. The molecule has 2 heterocycles. The predicted octanol–water partition coefficient (Wildman–Crippen LogP) is 1.75. The molecule has 2 aliphatic heterocycles. The molecule has 0 radical (unpaired) electrons. The Kier molecular flexibility index (Phi) is 6.15. The lowest BCUT2D eigenvalue weighted by molar-refractivity contribution is -0.138. The van der Waals surface area contributed by atoms with Crippen molar-refractivity contribution in [3.05, 3.63) is 23.8 Å². The number of hydrogen-bond donors (Lipinski definition) is 2. The van der Waals surface area contributed by atoms with E-state index in [0.29, 0.717) is 12.4 Å². The number of piperazine rings is 1. The number of amides is 1. The third-order valence-electron chi connectivity index (χ3n) is 5.02. The summed E-state index contributed by atoms with van der Waals surface area (Å²) in [5.74, 6) is 0.747. The van der Waals surface area contributed by atoms with Crippen LogP contribution < -0.4 is 10.1 Å². The summed E-state index contributed by atoms with van der Waals surface area (Å²) in [5.41, 5.74) is 0.902. The number of ether oxygens (including phenoxy) is 1. The molecule has 2 aliphatic rings. The molecule has 6 heteroatoms. The van der Waals surface area contributed by atoms with E-state index >= 15 is 0 Å².